The fraction of sp³-hybridized carbons (Fsp3) is 0.300. The first kappa shape index (κ1) is 20.2. The van der Waals surface area contributed by atoms with Gasteiger partial charge >= 0.3 is 0 Å². The number of hydrogen-bond acceptors (Lipinski definition) is 7. The van der Waals surface area contributed by atoms with Crippen LogP contribution in [0.25, 0.3) is 22.6 Å². The summed E-state index contributed by atoms with van der Waals surface area (Å²) in [6.07, 6.45) is 5.68. The van der Waals surface area contributed by atoms with Gasteiger partial charge in [-0.25, -0.2) is 13.4 Å². The van der Waals surface area contributed by atoms with Crippen LogP contribution in [0.15, 0.2) is 41.7 Å². The number of sulfone groups is 1. The molecular formula is C20H21N5O4S. The van der Waals surface area contributed by atoms with Gasteiger partial charge in [0.25, 0.3) is 5.91 Å². The van der Waals surface area contributed by atoms with Crippen LogP contribution in [0.2, 0.25) is 0 Å². The molecule has 1 saturated heterocycles. The van der Waals surface area contributed by atoms with Crippen molar-refractivity contribution in [1.82, 2.24) is 24.8 Å². The van der Waals surface area contributed by atoms with E-state index in [1.54, 1.807) is 42.4 Å². The molecule has 1 aliphatic heterocycles. The molecule has 10 heteroatoms. The van der Waals surface area contributed by atoms with Crippen molar-refractivity contribution in [2.24, 2.45) is 0 Å². The third-order valence-corrected chi connectivity index (χ3v) is 6.09. The molecule has 1 atom stereocenters. The molecule has 2 N–H and O–H groups in total. The van der Waals surface area contributed by atoms with E-state index in [2.05, 4.69) is 19.9 Å². The highest BCUT2D eigenvalue weighted by atomic mass is 32.2. The Balaban J connectivity index is 1.66. The van der Waals surface area contributed by atoms with Gasteiger partial charge in [0.2, 0.25) is 0 Å². The fourth-order valence-electron chi connectivity index (χ4n) is 3.39. The van der Waals surface area contributed by atoms with E-state index in [1.165, 1.54) is 6.20 Å². The predicted molar refractivity (Wildman–Crippen MR) is 109 cm³/mol. The van der Waals surface area contributed by atoms with Gasteiger partial charge in [-0.1, -0.05) is 0 Å². The van der Waals surface area contributed by atoms with Crippen molar-refractivity contribution in [1.29, 1.82) is 0 Å². The van der Waals surface area contributed by atoms with E-state index in [1.807, 2.05) is 0 Å². The van der Waals surface area contributed by atoms with E-state index >= 15 is 0 Å². The van der Waals surface area contributed by atoms with Gasteiger partial charge in [0.15, 0.2) is 15.7 Å². The summed E-state index contributed by atoms with van der Waals surface area (Å²) in [5.41, 5.74) is 2.78. The topological polar surface area (TPSA) is 129 Å². The maximum atomic E-state index is 12.7. The van der Waals surface area contributed by atoms with Crippen molar-refractivity contribution in [2.45, 2.75) is 24.3 Å². The number of aryl methyl sites for hydroxylation is 1. The number of H-pyrrole nitrogens is 1. The summed E-state index contributed by atoms with van der Waals surface area (Å²) in [6, 6.07) is 5.07. The fourth-order valence-corrected chi connectivity index (χ4v) is 3.98. The molecule has 4 heterocycles. The van der Waals surface area contributed by atoms with Crippen molar-refractivity contribution in [2.75, 3.05) is 19.3 Å². The average Bonchev–Trinajstić information content (AvgIpc) is 3.33. The number of β-amino-alcohol motifs (C(OH)–C–C–N with tert-alkyl or cyclic N) is 1. The first-order valence-electron chi connectivity index (χ1n) is 9.38. The molecule has 0 radical (unpaired) electrons. The Morgan fingerprint density at radius 1 is 1.27 bits per heavy atom. The number of rotatable bonds is 4. The van der Waals surface area contributed by atoms with Gasteiger partial charge in [-0.15, -0.1) is 0 Å². The Morgan fingerprint density at radius 3 is 2.77 bits per heavy atom. The van der Waals surface area contributed by atoms with Crippen LogP contribution < -0.4 is 0 Å². The Kier molecular flexibility index (Phi) is 5.12. The van der Waals surface area contributed by atoms with Gasteiger partial charge < -0.3 is 15.0 Å². The molecular weight excluding hydrogens is 406 g/mol. The van der Waals surface area contributed by atoms with E-state index < -0.39 is 15.9 Å². The standard InChI is InChI=1S/C20H21N5O4S/c1-12-18(20(27)25-6-4-15(26)11-25)24-19(23-12)17-8-13(3-5-22-17)14-7-16(10-21-9-14)30(2,28)29/h3,5,7-10,15,26H,4,6,11H2,1-2H3,(H,23,24)/t15-/m1/s1. The normalized spacial score (nSPS) is 16.8. The maximum absolute atomic E-state index is 12.7. The lowest BCUT2D eigenvalue weighted by Gasteiger charge is -2.14. The lowest BCUT2D eigenvalue weighted by Crippen LogP contribution is -2.30. The third-order valence-electron chi connectivity index (χ3n) is 5.02. The molecule has 3 aromatic rings. The zero-order chi connectivity index (χ0) is 21.5. The van der Waals surface area contributed by atoms with Crippen molar-refractivity contribution in [3.8, 4) is 22.6 Å². The number of imidazole rings is 1. The molecule has 156 valence electrons. The van der Waals surface area contributed by atoms with Crippen LogP contribution >= 0.6 is 0 Å². The van der Waals surface area contributed by atoms with Gasteiger partial charge in [0.1, 0.15) is 11.4 Å². The molecule has 30 heavy (non-hydrogen) atoms. The van der Waals surface area contributed by atoms with E-state index in [0.29, 0.717) is 48.0 Å². The van der Waals surface area contributed by atoms with Gasteiger partial charge in [-0.05, 0) is 37.1 Å². The Morgan fingerprint density at radius 2 is 2.07 bits per heavy atom. The number of nitrogens with one attached hydrogen (secondary N) is 1. The van der Waals surface area contributed by atoms with E-state index in [9.17, 15) is 18.3 Å². The summed E-state index contributed by atoms with van der Waals surface area (Å²) in [4.78, 5) is 30.3. The average molecular weight is 427 g/mol. The Hall–Kier alpha value is -3.11. The van der Waals surface area contributed by atoms with Gasteiger partial charge in [-0.2, -0.15) is 0 Å². The van der Waals surface area contributed by atoms with Gasteiger partial charge in [0, 0.05) is 49.2 Å². The molecule has 0 bridgehead atoms. The zero-order valence-corrected chi connectivity index (χ0v) is 17.3. The molecule has 9 nitrogen and oxygen atoms in total. The van der Waals surface area contributed by atoms with Crippen LogP contribution in [0.4, 0.5) is 0 Å². The lowest BCUT2D eigenvalue weighted by molar-refractivity contribution is 0.0759. The first-order valence-corrected chi connectivity index (χ1v) is 11.3. The third kappa shape index (κ3) is 3.96. The van der Waals surface area contributed by atoms with E-state index in [4.69, 9.17) is 0 Å². The minimum atomic E-state index is -3.38. The number of carbonyl (C=O) groups is 1. The summed E-state index contributed by atoms with van der Waals surface area (Å²) >= 11 is 0. The summed E-state index contributed by atoms with van der Waals surface area (Å²) in [6.45, 7) is 2.57. The smallest absolute Gasteiger partial charge is 0.274 e. The Bertz CT molecular complexity index is 1220. The first-order chi connectivity index (χ1) is 14.2. The van der Waals surface area contributed by atoms with Crippen molar-refractivity contribution in [3.63, 3.8) is 0 Å². The molecule has 1 amide bonds. The highest BCUT2D eigenvalue weighted by molar-refractivity contribution is 7.90. The molecule has 3 aromatic heterocycles. The molecule has 0 spiro atoms. The van der Waals surface area contributed by atoms with E-state index in [0.717, 1.165) is 11.8 Å². The zero-order valence-electron chi connectivity index (χ0n) is 16.5. The predicted octanol–water partition coefficient (Wildman–Crippen LogP) is 1.45. The number of pyridine rings is 2. The highest BCUT2D eigenvalue weighted by Crippen LogP contribution is 2.25. The van der Waals surface area contributed by atoms with Crippen LogP contribution in [-0.4, -0.2) is 69.7 Å². The second-order valence-corrected chi connectivity index (χ2v) is 9.38. The minimum absolute atomic E-state index is 0.132. The van der Waals surface area contributed by atoms with Crippen molar-refractivity contribution >= 4 is 15.7 Å². The van der Waals surface area contributed by atoms with Gasteiger partial charge in [0.05, 0.1) is 11.0 Å². The van der Waals surface area contributed by atoms with Crippen LogP contribution in [0, 0.1) is 6.92 Å². The highest BCUT2D eigenvalue weighted by Gasteiger charge is 2.28. The van der Waals surface area contributed by atoms with Crippen LogP contribution in [0.3, 0.4) is 0 Å². The molecule has 0 unspecified atom stereocenters. The number of hydrogen-bond donors (Lipinski definition) is 2. The Labute approximate surface area is 173 Å². The summed E-state index contributed by atoms with van der Waals surface area (Å²) in [7, 11) is -3.38. The number of aliphatic hydroxyl groups is 1. The second kappa shape index (κ2) is 7.62. The quantitative estimate of drug-likeness (QED) is 0.645. The molecule has 0 aromatic carbocycles. The van der Waals surface area contributed by atoms with E-state index in [-0.39, 0.29) is 10.8 Å². The largest absolute Gasteiger partial charge is 0.391 e. The van der Waals surface area contributed by atoms with Crippen LogP contribution in [0.1, 0.15) is 22.6 Å². The van der Waals surface area contributed by atoms with Crippen molar-refractivity contribution < 1.29 is 18.3 Å². The molecule has 0 aliphatic carbocycles. The van der Waals surface area contributed by atoms with Crippen LogP contribution in [0.5, 0.6) is 0 Å². The van der Waals surface area contributed by atoms with Crippen LogP contribution in [-0.2, 0) is 9.84 Å². The van der Waals surface area contributed by atoms with Crippen molar-refractivity contribution in [3.05, 3.63) is 48.2 Å². The number of amides is 1. The van der Waals surface area contributed by atoms with Gasteiger partial charge in [-0.3, -0.25) is 14.8 Å². The second-order valence-electron chi connectivity index (χ2n) is 7.36. The number of aromatic nitrogens is 4. The molecule has 0 saturated carbocycles. The SMILES string of the molecule is Cc1[nH]c(-c2cc(-c3cncc(S(C)(=O)=O)c3)ccn2)nc1C(=O)N1CC[C@@H](O)C1. The monoisotopic (exact) mass is 427 g/mol. The molecule has 4 rings (SSSR count). The number of carbonyl (C=O) groups excluding carboxylic acids is 1. The lowest BCUT2D eigenvalue weighted by atomic mass is 10.1. The molecule has 1 aliphatic rings. The number of likely N-dealkylation sites (tertiary alicyclic amines) is 1. The number of nitrogens with zero attached hydrogens (tertiary/aromatic N) is 4. The molecule has 1 fully saturated rings. The summed E-state index contributed by atoms with van der Waals surface area (Å²) in [5, 5.41) is 9.68. The minimum Gasteiger partial charge on any atom is -0.391 e. The number of aromatic amines is 1. The number of aliphatic hydroxyl groups excluding tert-OH is 1. The summed E-state index contributed by atoms with van der Waals surface area (Å²) < 4.78 is 23.6. The summed E-state index contributed by atoms with van der Waals surface area (Å²) in [5.74, 6) is 0.206. The maximum Gasteiger partial charge on any atom is 0.274 e.